The number of hydrogen-bond donors (Lipinski definition) is 0. The summed E-state index contributed by atoms with van der Waals surface area (Å²) in [6.07, 6.45) is 4.67. The van der Waals surface area contributed by atoms with Gasteiger partial charge in [0.1, 0.15) is 0 Å². The van der Waals surface area contributed by atoms with Gasteiger partial charge in [0.2, 0.25) is 0 Å². The molecule has 1 aliphatic rings. The molecule has 0 aromatic rings. The summed E-state index contributed by atoms with van der Waals surface area (Å²) in [5, 5.41) is 3.68. The molecule has 0 unspecified atom stereocenters. The molecule has 0 heterocycles. The predicted molar refractivity (Wildman–Crippen MR) is 57.4 cm³/mol. The van der Waals surface area contributed by atoms with E-state index in [1.807, 2.05) is 13.8 Å². The molecule has 0 aromatic carbocycles. The van der Waals surface area contributed by atoms with Gasteiger partial charge in [-0.3, -0.25) is 4.84 Å². The molecule has 4 nitrogen and oxygen atoms in total. The highest BCUT2D eigenvalue weighted by Crippen LogP contribution is 2.25. The molecule has 0 bridgehead atoms. The third-order valence-corrected chi connectivity index (χ3v) is 2.38. The van der Waals surface area contributed by atoms with Crippen LogP contribution in [0.25, 0.3) is 0 Å². The van der Waals surface area contributed by atoms with Crippen LogP contribution < -0.4 is 0 Å². The van der Waals surface area contributed by atoms with E-state index >= 15 is 0 Å². The Bertz CT molecular complexity index is 145. The summed E-state index contributed by atoms with van der Waals surface area (Å²) in [6, 6.07) is 0. The lowest BCUT2D eigenvalue weighted by atomic mass is 9.89. The van der Waals surface area contributed by atoms with Gasteiger partial charge in [-0.2, -0.15) is 0 Å². The lowest BCUT2D eigenvalue weighted by molar-refractivity contribution is -0.192. The lowest BCUT2D eigenvalue weighted by Gasteiger charge is -2.26. The maximum absolute atomic E-state index is 9.99. The summed E-state index contributed by atoms with van der Waals surface area (Å²) in [5.41, 5.74) is 0. The van der Waals surface area contributed by atoms with Gasteiger partial charge in [0.25, 0.3) is 0 Å². The SMILES string of the molecule is CC.CC1CCC(ON(C)N=O)CC1. The van der Waals surface area contributed by atoms with Gasteiger partial charge in [-0.1, -0.05) is 20.8 Å². The van der Waals surface area contributed by atoms with Gasteiger partial charge in [-0.25, -0.2) is 0 Å². The fourth-order valence-electron chi connectivity index (χ4n) is 1.57. The number of hydroxylamine groups is 1. The Hall–Kier alpha value is -0.640. The predicted octanol–water partition coefficient (Wildman–Crippen LogP) is 3.14. The minimum atomic E-state index is 0.198. The van der Waals surface area contributed by atoms with E-state index < -0.39 is 0 Å². The Labute approximate surface area is 86.5 Å². The second-order valence-electron chi connectivity index (χ2n) is 3.53. The molecule has 14 heavy (non-hydrogen) atoms. The summed E-state index contributed by atoms with van der Waals surface area (Å²) < 4.78 is 0. The van der Waals surface area contributed by atoms with Gasteiger partial charge in [-0.05, 0) is 31.6 Å². The lowest BCUT2D eigenvalue weighted by Crippen LogP contribution is -2.26. The molecule has 0 N–H and O–H groups in total. The summed E-state index contributed by atoms with van der Waals surface area (Å²) in [6.45, 7) is 6.25. The van der Waals surface area contributed by atoms with E-state index in [1.54, 1.807) is 0 Å². The Morgan fingerprint density at radius 1 is 1.21 bits per heavy atom. The van der Waals surface area contributed by atoms with Crippen LogP contribution in [0.3, 0.4) is 0 Å². The molecule has 1 rings (SSSR count). The van der Waals surface area contributed by atoms with E-state index in [4.69, 9.17) is 4.84 Å². The first-order valence-electron chi connectivity index (χ1n) is 5.46. The number of nitrogens with zero attached hydrogens (tertiary/aromatic N) is 2. The molecule has 1 saturated carbocycles. The Morgan fingerprint density at radius 3 is 2.14 bits per heavy atom. The van der Waals surface area contributed by atoms with Gasteiger partial charge in [0.15, 0.2) is 0 Å². The Kier molecular flexibility index (Phi) is 7.38. The molecule has 1 fully saturated rings. The van der Waals surface area contributed by atoms with Crippen molar-refractivity contribution >= 4 is 0 Å². The maximum Gasteiger partial charge on any atom is 0.0876 e. The summed E-state index contributed by atoms with van der Waals surface area (Å²) >= 11 is 0. The number of nitroso groups, excluding NO2 is 1. The third-order valence-electron chi connectivity index (χ3n) is 2.38. The second kappa shape index (κ2) is 7.74. The van der Waals surface area contributed by atoms with E-state index in [2.05, 4.69) is 12.2 Å². The minimum Gasteiger partial charge on any atom is -0.251 e. The van der Waals surface area contributed by atoms with Crippen LogP contribution in [0.1, 0.15) is 46.5 Å². The molecular weight excluding hydrogens is 180 g/mol. The highest BCUT2D eigenvalue weighted by Gasteiger charge is 2.20. The normalized spacial score (nSPS) is 26.0. The van der Waals surface area contributed by atoms with Crippen molar-refractivity contribution < 1.29 is 4.84 Å². The highest BCUT2D eigenvalue weighted by molar-refractivity contribution is 4.69. The zero-order chi connectivity index (χ0) is 11.0. The summed E-state index contributed by atoms with van der Waals surface area (Å²) in [7, 11) is 1.53. The molecule has 0 aromatic heterocycles. The molecule has 0 atom stereocenters. The molecule has 0 spiro atoms. The number of rotatable bonds is 3. The van der Waals surface area contributed by atoms with Crippen LogP contribution in [-0.2, 0) is 4.84 Å². The van der Waals surface area contributed by atoms with Crippen molar-refractivity contribution in [2.45, 2.75) is 52.6 Å². The average molecular weight is 202 g/mol. The van der Waals surface area contributed by atoms with Crippen molar-refractivity contribution in [1.82, 2.24) is 5.17 Å². The van der Waals surface area contributed by atoms with Crippen LogP contribution in [0.5, 0.6) is 0 Å². The molecule has 1 aliphatic carbocycles. The summed E-state index contributed by atoms with van der Waals surface area (Å²) in [5.74, 6) is 0.805. The van der Waals surface area contributed by atoms with Crippen LogP contribution in [0, 0.1) is 10.8 Å². The van der Waals surface area contributed by atoms with Gasteiger partial charge >= 0.3 is 0 Å². The third kappa shape index (κ3) is 5.17. The molecule has 84 valence electrons. The second-order valence-corrected chi connectivity index (χ2v) is 3.53. The zero-order valence-corrected chi connectivity index (χ0v) is 9.69. The van der Waals surface area contributed by atoms with E-state index in [-0.39, 0.29) is 6.10 Å². The van der Waals surface area contributed by atoms with Gasteiger partial charge in [-0.15, -0.1) is 10.1 Å². The van der Waals surface area contributed by atoms with Crippen molar-refractivity contribution in [1.29, 1.82) is 0 Å². The van der Waals surface area contributed by atoms with Crippen molar-refractivity contribution in [2.75, 3.05) is 7.05 Å². The van der Waals surface area contributed by atoms with Crippen LogP contribution in [0.4, 0.5) is 0 Å². The van der Waals surface area contributed by atoms with E-state index in [1.165, 1.54) is 19.9 Å². The van der Waals surface area contributed by atoms with Crippen LogP contribution in [0.15, 0.2) is 5.29 Å². The Balaban J connectivity index is 0.000000791. The van der Waals surface area contributed by atoms with E-state index in [9.17, 15) is 4.91 Å². The molecule has 0 amide bonds. The van der Waals surface area contributed by atoms with Crippen LogP contribution >= 0.6 is 0 Å². The zero-order valence-electron chi connectivity index (χ0n) is 9.69. The van der Waals surface area contributed by atoms with E-state index in [0.29, 0.717) is 0 Å². The minimum absolute atomic E-state index is 0.198. The molecule has 4 heteroatoms. The van der Waals surface area contributed by atoms with Crippen molar-refractivity contribution in [3.05, 3.63) is 4.91 Å². The Morgan fingerprint density at radius 2 is 1.71 bits per heavy atom. The first kappa shape index (κ1) is 13.4. The molecule has 0 saturated heterocycles. The maximum atomic E-state index is 9.99. The molecule has 0 radical (unpaired) electrons. The summed E-state index contributed by atoms with van der Waals surface area (Å²) in [4.78, 5) is 15.2. The monoisotopic (exact) mass is 202 g/mol. The van der Waals surface area contributed by atoms with Crippen molar-refractivity contribution in [3.63, 3.8) is 0 Å². The van der Waals surface area contributed by atoms with Crippen molar-refractivity contribution in [3.8, 4) is 0 Å². The van der Waals surface area contributed by atoms with Crippen molar-refractivity contribution in [2.24, 2.45) is 11.2 Å². The molecular formula is C10H22N2O2. The first-order chi connectivity index (χ1) is 6.72. The van der Waals surface area contributed by atoms with Gasteiger partial charge in [0, 0.05) is 0 Å². The van der Waals surface area contributed by atoms with Crippen LogP contribution in [-0.4, -0.2) is 18.3 Å². The largest absolute Gasteiger partial charge is 0.251 e. The van der Waals surface area contributed by atoms with Crippen LogP contribution in [0.2, 0.25) is 0 Å². The quantitative estimate of drug-likeness (QED) is 0.521. The molecule has 0 aliphatic heterocycles. The fraction of sp³-hybridized carbons (Fsp3) is 1.00. The smallest absolute Gasteiger partial charge is 0.0876 e. The average Bonchev–Trinajstić information content (AvgIpc) is 2.24. The highest BCUT2D eigenvalue weighted by atomic mass is 16.7. The topological polar surface area (TPSA) is 41.9 Å². The van der Waals surface area contributed by atoms with Gasteiger partial charge < -0.3 is 0 Å². The fourth-order valence-corrected chi connectivity index (χ4v) is 1.57. The van der Waals surface area contributed by atoms with Gasteiger partial charge in [0.05, 0.1) is 18.4 Å². The number of hydrogen-bond acceptors (Lipinski definition) is 3. The first-order valence-corrected chi connectivity index (χ1v) is 5.46. The standard InChI is InChI=1S/C8H16N2O2.C2H6/c1-7-3-5-8(6-4-7)12-10(2)9-11;1-2/h7-8H,3-6H2,1-2H3;1-2H3. The van der Waals surface area contributed by atoms with E-state index in [0.717, 1.165) is 23.9 Å².